The molecule has 7 heteroatoms. The number of carbonyl (C=O) groups excluding carboxylic acids is 2. The van der Waals surface area contributed by atoms with Gasteiger partial charge in [0.15, 0.2) is 5.69 Å². The lowest BCUT2D eigenvalue weighted by molar-refractivity contribution is 0.0502. The molecule has 0 N–H and O–H groups in total. The van der Waals surface area contributed by atoms with Crippen molar-refractivity contribution in [1.29, 1.82) is 0 Å². The molecule has 1 aromatic heterocycles. The lowest BCUT2D eigenvalue weighted by Gasteiger charge is -2.25. The van der Waals surface area contributed by atoms with Crippen molar-refractivity contribution in [1.82, 2.24) is 14.9 Å². The van der Waals surface area contributed by atoms with Crippen molar-refractivity contribution in [3.63, 3.8) is 0 Å². The average Bonchev–Trinajstić information content (AvgIpc) is 2.46. The summed E-state index contributed by atoms with van der Waals surface area (Å²) >= 11 is 0. The van der Waals surface area contributed by atoms with Crippen LogP contribution in [0.1, 0.15) is 46.2 Å². The van der Waals surface area contributed by atoms with E-state index in [2.05, 4.69) is 14.9 Å². The maximum absolute atomic E-state index is 12.1. The van der Waals surface area contributed by atoms with Gasteiger partial charge in [-0.25, -0.2) is 19.6 Å². The molecular formula is C14H19N3O4. The molecule has 114 valence electrons. The summed E-state index contributed by atoms with van der Waals surface area (Å²) < 4.78 is 9.93. The molecule has 0 spiro atoms. The van der Waals surface area contributed by atoms with E-state index in [4.69, 9.17) is 9.47 Å². The lowest BCUT2D eigenvalue weighted by atomic mass is 10.0. The Morgan fingerprint density at radius 3 is 2.48 bits per heavy atom. The van der Waals surface area contributed by atoms with Crippen LogP contribution in [0.3, 0.4) is 0 Å². The number of nitrogens with zero attached hydrogens (tertiary/aromatic N) is 3. The Morgan fingerprint density at radius 1 is 1.14 bits per heavy atom. The van der Waals surface area contributed by atoms with Crippen molar-refractivity contribution in [2.45, 2.75) is 26.8 Å². The molecule has 0 saturated heterocycles. The van der Waals surface area contributed by atoms with Crippen molar-refractivity contribution in [2.75, 3.05) is 26.8 Å². The molecule has 0 bridgehead atoms. The maximum atomic E-state index is 12.1. The fraction of sp³-hybridized carbons (Fsp3) is 0.571. The summed E-state index contributed by atoms with van der Waals surface area (Å²) in [5.74, 6) is -1.23. The fourth-order valence-electron chi connectivity index (χ4n) is 2.20. The van der Waals surface area contributed by atoms with Crippen LogP contribution in [-0.4, -0.2) is 53.6 Å². The van der Waals surface area contributed by atoms with Crippen LogP contribution in [0, 0.1) is 0 Å². The molecule has 0 amide bonds. The van der Waals surface area contributed by atoms with Crippen LogP contribution in [-0.2, 0) is 22.4 Å². The number of esters is 2. The van der Waals surface area contributed by atoms with Gasteiger partial charge in [0.2, 0.25) is 5.82 Å². The first kappa shape index (κ1) is 15.4. The number of aromatic nitrogens is 2. The summed E-state index contributed by atoms with van der Waals surface area (Å²) in [6.07, 6.45) is 0.660. The minimum Gasteiger partial charge on any atom is -0.461 e. The van der Waals surface area contributed by atoms with E-state index in [1.165, 1.54) is 0 Å². The number of rotatable bonds is 4. The average molecular weight is 293 g/mol. The molecule has 0 unspecified atom stereocenters. The van der Waals surface area contributed by atoms with Gasteiger partial charge in [-0.05, 0) is 20.9 Å². The number of hydrogen-bond donors (Lipinski definition) is 0. The molecule has 21 heavy (non-hydrogen) atoms. The second kappa shape index (κ2) is 6.62. The van der Waals surface area contributed by atoms with Crippen molar-refractivity contribution in [2.24, 2.45) is 0 Å². The molecule has 0 aliphatic carbocycles. The summed E-state index contributed by atoms with van der Waals surface area (Å²) in [7, 11) is 1.96. The van der Waals surface area contributed by atoms with E-state index in [1.54, 1.807) is 13.8 Å². The van der Waals surface area contributed by atoms with Gasteiger partial charge in [-0.3, -0.25) is 0 Å². The molecule has 0 atom stereocenters. The van der Waals surface area contributed by atoms with Gasteiger partial charge in [0.25, 0.3) is 0 Å². The predicted molar refractivity (Wildman–Crippen MR) is 74.0 cm³/mol. The highest BCUT2D eigenvalue weighted by molar-refractivity contribution is 5.92. The molecular weight excluding hydrogens is 274 g/mol. The Balaban J connectivity index is 2.46. The number of ether oxygens (including phenoxy) is 2. The van der Waals surface area contributed by atoms with E-state index in [0.717, 1.165) is 12.1 Å². The highest BCUT2D eigenvalue weighted by Crippen LogP contribution is 2.20. The van der Waals surface area contributed by atoms with Crippen molar-refractivity contribution >= 4 is 11.9 Å². The molecule has 0 aromatic carbocycles. The van der Waals surface area contributed by atoms with Crippen LogP contribution in [0.2, 0.25) is 0 Å². The molecule has 1 aliphatic rings. The van der Waals surface area contributed by atoms with Gasteiger partial charge in [0.1, 0.15) is 0 Å². The fourth-order valence-corrected chi connectivity index (χ4v) is 2.20. The van der Waals surface area contributed by atoms with Crippen LogP contribution in [0.15, 0.2) is 0 Å². The minimum atomic E-state index is -0.621. The van der Waals surface area contributed by atoms with Gasteiger partial charge < -0.3 is 14.4 Å². The summed E-state index contributed by atoms with van der Waals surface area (Å²) in [4.78, 5) is 34.3. The van der Waals surface area contributed by atoms with Gasteiger partial charge in [-0.15, -0.1) is 0 Å². The molecule has 0 radical (unpaired) electrons. The van der Waals surface area contributed by atoms with E-state index in [9.17, 15) is 9.59 Å². The lowest BCUT2D eigenvalue weighted by Crippen LogP contribution is -2.31. The Labute approximate surface area is 123 Å². The topological polar surface area (TPSA) is 81.6 Å². The Hall–Kier alpha value is -2.02. The zero-order valence-corrected chi connectivity index (χ0v) is 12.5. The van der Waals surface area contributed by atoms with Crippen LogP contribution >= 0.6 is 0 Å². The molecule has 1 aromatic rings. The van der Waals surface area contributed by atoms with Gasteiger partial charge in [0, 0.05) is 25.1 Å². The SMILES string of the molecule is CCOC(=O)c1nc2c(c(C(=O)OCC)n1)CN(C)CC2. The summed E-state index contributed by atoms with van der Waals surface area (Å²) in [6.45, 7) is 5.29. The number of likely N-dealkylation sites (N-methyl/N-ethyl adjacent to an activating group) is 1. The van der Waals surface area contributed by atoms with E-state index in [-0.39, 0.29) is 24.7 Å². The van der Waals surface area contributed by atoms with Crippen molar-refractivity contribution in [3.8, 4) is 0 Å². The van der Waals surface area contributed by atoms with Crippen LogP contribution < -0.4 is 0 Å². The molecule has 1 aliphatic heterocycles. The van der Waals surface area contributed by atoms with E-state index < -0.39 is 11.9 Å². The first-order chi connectivity index (χ1) is 10.1. The molecule has 2 rings (SSSR count). The zero-order chi connectivity index (χ0) is 15.4. The molecule has 2 heterocycles. The number of carbonyl (C=O) groups is 2. The third kappa shape index (κ3) is 3.36. The third-order valence-electron chi connectivity index (χ3n) is 3.18. The zero-order valence-electron chi connectivity index (χ0n) is 12.5. The van der Waals surface area contributed by atoms with E-state index in [0.29, 0.717) is 18.7 Å². The smallest absolute Gasteiger partial charge is 0.376 e. The summed E-state index contributed by atoms with van der Waals surface area (Å²) in [5, 5.41) is 0. The van der Waals surface area contributed by atoms with Crippen molar-refractivity contribution < 1.29 is 19.1 Å². The maximum Gasteiger partial charge on any atom is 0.376 e. The van der Waals surface area contributed by atoms with Gasteiger partial charge in [-0.1, -0.05) is 0 Å². The first-order valence-electron chi connectivity index (χ1n) is 6.99. The van der Waals surface area contributed by atoms with Crippen LogP contribution in [0.25, 0.3) is 0 Å². The van der Waals surface area contributed by atoms with Gasteiger partial charge in [-0.2, -0.15) is 0 Å². The van der Waals surface area contributed by atoms with E-state index in [1.807, 2.05) is 7.05 Å². The monoisotopic (exact) mass is 293 g/mol. The largest absolute Gasteiger partial charge is 0.461 e. The minimum absolute atomic E-state index is 0.0804. The van der Waals surface area contributed by atoms with E-state index >= 15 is 0 Å². The Bertz CT molecular complexity index is 559. The standard InChI is InChI=1S/C14H19N3O4/c1-4-20-13(18)11-9-8-17(3)7-6-10(9)15-12(16-11)14(19)21-5-2/h4-8H2,1-3H3. The Morgan fingerprint density at radius 2 is 1.81 bits per heavy atom. The molecule has 0 saturated carbocycles. The van der Waals surface area contributed by atoms with Crippen LogP contribution in [0.4, 0.5) is 0 Å². The van der Waals surface area contributed by atoms with Gasteiger partial charge in [0.05, 0.1) is 18.9 Å². The summed E-state index contributed by atoms with van der Waals surface area (Å²) in [6, 6.07) is 0. The van der Waals surface area contributed by atoms with Gasteiger partial charge >= 0.3 is 11.9 Å². The highest BCUT2D eigenvalue weighted by Gasteiger charge is 2.27. The summed E-state index contributed by atoms with van der Waals surface area (Å²) in [5.41, 5.74) is 1.61. The quantitative estimate of drug-likeness (QED) is 0.760. The highest BCUT2D eigenvalue weighted by atomic mass is 16.5. The normalized spacial score (nSPS) is 14.4. The second-order valence-corrected chi connectivity index (χ2v) is 4.75. The van der Waals surface area contributed by atoms with Crippen molar-refractivity contribution in [3.05, 3.63) is 22.8 Å². The Kier molecular flexibility index (Phi) is 4.85. The predicted octanol–water partition coefficient (Wildman–Crippen LogP) is 0.818. The first-order valence-corrected chi connectivity index (χ1v) is 6.99. The third-order valence-corrected chi connectivity index (χ3v) is 3.18. The second-order valence-electron chi connectivity index (χ2n) is 4.75. The number of hydrogen-bond acceptors (Lipinski definition) is 7. The molecule has 0 fully saturated rings. The van der Waals surface area contributed by atoms with Crippen LogP contribution in [0.5, 0.6) is 0 Å². The number of fused-ring (bicyclic) bond motifs is 1. The molecule has 7 nitrogen and oxygen atoms in total.